The summed E-state index contributed by atoms with van der Waals surface area (Å²) in [6, 6.07) is 19.7. The molecule has 0 radical (unpaired) electrons. The van der Waals surface area contributed by atoms with E-state index in [0.717, 1.165) is 43.3 Å². The summed E-state index contributed by atoms with van der Waals surface area (Å²) >= 11 is 7.55. The van der Waals surface area contributed by atoms with Crippen molar-refractivity contribution in [1.29, 1.82) is 0 Å². The third-order valence-corrected chi connectivity index (χ3v) is 6.41. The first-order chi connectivity index (χ1) is 16.1. The van der Waals surface area contributed by atoms with Crippen molar-refractivity contribution in [3.63, 3.8) is 0 Å². The fourth-order valence-electron chi connectivity index (χ4n) is 3.58. The van der Waals surface area contributed by atoms with Crippen molar-refractivity contribution in [3.8, 4) is 5.75 Å². The molecule has 0 aliphatic carbocycles. The molecule has 1 N–H and O–H groups in total. The largest absolute Gasteiger partial charge is 0.497 e. The number of methoxy groups -OCH3 is 1. The Hall–Kier alpha value is -2.97. The van der Waals surface area contributed by atoms with Gasteiger partial charge in [-0.05, 0) is 29.8 Å². The maximum absolute atomic E-state index is 12.2. The van der Waals surface area contributed by atoms with Crippen LogP contribution in [0.3, 0.4) is 0 Å². The molecule has 0 bridgehead atoms. The lowest BCUT2D eigenvalue weighted by atomic mass is 10.2. The normalized spacial score (nSPS) is 13.6. The van der Waals surface area contributed by atoms with Crippen LogP contribution in [0.5, 0.6) is 5.75 Å². The Balaban J connectivity index is 1.30. The van der Waals surface area contributed by atoms with Gasteiger partial charge in [-0.3, -0.25) is 4.79 Å². The van der Waals surface area contributed by atoms with E-state index in [4.69, 9.17) is 16.3 Å². The molecule has 0 unspecified atom stereocenters. The number of anilines is 2. The van der Waals surface area contributed by atoms with E-state index in [1.54, 1.807) is 13.2 Å². The zero-order chi connectivity index (χ0) is 23.0. The van der Waals surface area contributed by atoms with Gasteiger partial charge in [0, 0.05) is 44.5 Å². The Morgan fingerprint density at radius 1 is 1.03 bits per heavy atom. The van der Waals surface area contributed by atoms with Crippen molar-refractivity contribution < 1.29 is 9.53 Å². The molecule has 1 aliphatic rings. The van der Waals surface area contributed by atoms with Crippen LogP contribution in [0.2, 0.25) is 5.15 Å². The molecule has 1 fully saturated rings. The van der Waals surface area contributed by atoms with E-state index in [2.05, 4.69) is 37.2 Å². The van der Waals surface area contributed by atoms with E-state index in [-0.39, 0.29) is 11.7 Å². The van der Waals surface area contributed by atoms with Gasteiger partial charge < -0.3 is 19.9 Å². The van der Waals surface area contributed by atoms with E-state index in [1.807, 2.05) is 42.5 Å². The number of hydrogen-bond acceptors (Lipinski definition) is 7. The highest BCUT2D eigenvalue weighted by Crippen LogP contribution is 2.25. The molecule has 1 amide bonds. The van der Waals surface area contributed by atoms with Crippen molar-refractivity contribution in [2.24, 2.45) is 0 Å². The van der Waals surface area contributed by atoms with Gasteiger partial charge in [0.1, 0.15) is 16.7 Å². The average molecular weight is 484 g/mol. The number of thioether (sulfide) groups is 1. The summed E-state index contributed by atoms with van der Waals surface area (Å²) < 4.78 is 5.24. The molecule has 1 aromatic heterocycles. The number of amides is 1. The molecule has 2 heterocycles. The van der Waals surface area contributed by atoms with Gasteiger partial charge in [0.25, 0.3) is 0 Å². The molecular formula is C24H26ClN5O2S. The lowest BCUT2D eigenvalue weighted by molar-refractivity contribution is -0.118. The maximum atomic E-state index is 12.2. The number of nitrogens with one attached hydrogen (secondary N) is 1. The zero-order valence-electron chi connectivity index (χ0n) is 18.4. The molecule has 2 aromatic carbocycles. The predicted octanol–water partition coefficient (Wildman–Crippen LogP) is 3.87. The third-order valence-electron chi connectivity index (χ3n) is 5.37. The molecular weight excluding hydrogens is 458 g/mol. The Labute approximate surface area is 203 Å². The van der Waals surface area contributed by atoms with Crippen LogP contribution in [0, 0.1) is 0 Å². The van der Waals surface area contributed by atoms with E-state index in [0.29, 0.717) is 16.9 Å². The summed E-state index contributed by atoms with van der Waals surface area (Å²) in [5, 5.41) is 3.80. The van der Waals surface area contributed by atoms with E-state index in [1.165, 1.54) is 17.4 Å². The van der Waals surface area contributed by atoms with Gasteiger partial charge in [0.2, 0.25) is 5.91 Å². The fourth-order valence-corrected chi connectivity index (χ4v) is 4.49. The molecule has 0 spiro atoms. The second kappa shape index (κ2) is 11.2. The number of aromatic nitrogens is 2. The van der Waals surface area contributed by atoms with Crippen LogP contribution in [0.1, 0.15) is 5.56 Å². The number of rotatable bonds is 8. The third kappa shape index (κ3) is 6.52. The lowest BCUT2D eigenvalue weighted by Crippen LogP contribution is -2.46. The summed E-state index contributed by atoms with van der Waals surface area (Å²) in [5.41, 5.74) is 2.24. The fraction of sp³-hybridized carbons (Fsp3) is 0.292. The molecule has 7 nitrogen and oxygen atoms in total. The molecule has 1 aliphatic heterocycles. The quantitative estimate of drug-likeness (QED) is 0.296. The number of carbonyl (C=O) groups excluding carboxylic acids is 1. The number of benzene rings is 2. The van der Waals surface area contributed by atoms with Crippen molar-refractivity contribution in [2.75, 3.05) is 48.8 Å². The van der Waals surface area contributed by atoms with Crippen LogP contribution < -0.4 is 19.9 Å². The predicted molar refractivity (Wildman–Crippen MR) is 133 cm³/mol. The molecule has 0 atom stereocenters. The van der Waals surface area contributed by atoms with Gasteiger partial charge in [0.05, 0.1) is 12.9 Å². The Kier molecular flexibility index (Phi) is 7.91. The van der Waals surface area contributed by atoms with Crippen LogP contribution in [0.4, 0.5) is 11.5 Å². The minimum Gasteiger partial charge on any atom is -0.497 e. The van der Waals surface area contributed by atoms with Crippen LogP contribution in [-0.4, -0.2) is 54.9 Å². The second-order valence-corrected chi connectivity index (χ2v) is 8.88. The van der Waals surface area contributed by atoms with Crippen LogP contribution >= 0.6 is 23.4 Å². The monoisotopic (exact) mass is 483 g/mol. The van der Waals surface area contributed by atoms with Gasteiger partial charge in [0.15, 0.2) is 5.16 Å². The number of halogens is 1. The maximum Gasteiger partial charge on any atom is 0.230 e. The van der Waals surface area contributed by atoms with Gasteiger partial charge in [-0.2, -0.15) is 0 Å². The highest BCUT2D eigenvalue weighted by atomic mass is 35.5. The zero-order valence-corrected chi connectivity index (χ0v) is 20.0. The van der Waals surface area contributed by atoms with Gasteiger partial charge >= 0.3 is 0 Å². The molecule has 172 valence electrons. The lowest BCUT2D eigenvalue weighted by Gasteiger charge is -2.36. The Morgan fingerprint density at radius 3 is 2.42 bits per heavy atom. The second-order valence-electron chi connectivity index (χ2n) is 7.55. The Bertz CT molecular complexity index is 1060. The van der Waals surface area contributed by atoms with Crippen molar-refractivity contribution in [3.05, 3.63) is 71.4 Å². The molecule has 1 saturated heterocycles. The number of ether oxygens (including phenoxy) is 1. The van der Waals surface area contributed by atoms with Crippen LogP contribution in [0.25, 0.3) is 0 Å². The van der Waals surface area contributed by atoms with Crippen molar-refractivity contribution >= 4 is 40.8 Å². The topological polar surface area (TPSA) is 70.6 Å². The molecule has 4 rings (SSSR count). The standard InChI is InChI=1S/C24H26ClN5O2S/c1-32-20-9-7-19(8-10-20)29-11-13-30(14-12-29)22-15-21(25)27-24(28-22)33-17-23(31)26-16-18-5-3-2-4-6-18/h2-10,15H,11-14,16-17H2,1H3,(H,26,31). The smallest absolute Gasteiger partial charge is 0.230 e. The van der Waals surface area contributed by atoms with Crippen LogP contribution in [-0.2, 0) is 11.3 Å². The minimum atomic E-state index is -0.0675. The summed E-state index contributed by atoms with van der Waals surface area (Å²) in [4.78, 5) is 25.7. The van der Waals surface area contributed by atoms with Gasteiger partial charge in [-0.25, -0.2) is 9.97 Å². The van der Waals surface area contributed by atoms with Gasteiger partial charge in [-0.1, -0.05) is 53.7 Å². The number of carbonyl (C=O) groups is 1. The number of hydrogen-bond donors (Lipinski definition) is 1. The van der Waals surface area contributed by atoms with Crippen molar-refractivity contribution in [1.82, 2.24) is 15.3 Å². The molecule has 3 aromatic rings. The summed E-state index contributed by atoms with van der Waals surface area (Å²) in [5.74, 6) is 1.81. The van der Waals surface area contributed by atoms with E-state index in [9.17, 15) is 4.79 Å². The summed E-state index contributed by atoms with van der Waals surface area (Å²) in [7, 11) is 1.67. The first-order valence-electron chi connectivity index (χ1n) is 10.7. The van der Waals surface area contributed by atoms with Gasteiger partial charge in [-0.15, -0.1) is 0 Å². The Morgan fingerprint density at radius 2 is 1.73 bits per heavy atom. The molecule has 33 heavy (non-hydrogen) atoms. The summed E-state index contributed by atoms with van der Waals surface area (Å²) in [6.07, 6.45) is 0. The number of nitrogens with zero attached hydrogens (tertiary/aromatic N) is 4. The van der Waals surface area contributed by atoms with Crippen molar-refractivity contribution in [2.45, 2.75) is 11.7 Å². The minimum absolute atomic E-state index is 0.0675. The summed E-state index contributed by atoms with van der Waals surface area (Å²) in [6.45, 7) is 3.89. The van der Waals surface area contributed by atoms with E-state index >= 15 is 0 Å². The first kappa shape index (κ1) is 23.2. The number of piperazine rings is 1. The highest BCUT2D eigenvalue weighted by Gasteiger charge is 2.20. The first-order valence-corrected chi connectivity index (χ1v) is 12.1. The van der Waals surface area contributed by atoms with Crippen LogP contribution in [0.15, 0.2) is 65.8 Å². The highest BCUT2D eigenvalue weighted by molar-refractivity contribution is 7.99. The molecule has 9 heteroatoms. The average Bonchev–Trinajstić information content (AvgIpc) is 2.87. The SMILES string of the molecule is COc1ccc(N2CCN(c3cc(Cl)nc(SCC(=O)NCc4ccccc4)n3)CC2)cc1. The molecule has 0 saturated carbocycles. The van der Waals surface area contributed by atoms with E-state index < -0.39 is 0 Å².